The number of benzene rings is 2. The van der Waals surface area contributed by atoms with Gasteiger partial charge in [-0.25, -0.2) is 9.97 Å². The zero-order chi connectivity index (χ0) is 18.1. The topological polar surface area (TPSA) is 68.0 Å². The Kier molecular flexibility index (Phi) is 3.72. The van der Waals surface area contributed by atoms with Gasteiger partial charge < -0.3 is 5.32 Å². The van der Waals surface area contributed by atoms with Crippen LogP contribution in [0.3, 0.4) is 0 Å². The van der Waals surface area contributed by atoms with E-state index in [0.29, 0.717) is 18.3 Å². The van der Waals surface area contributed by atoms with Crippen molar-refractivity contribution in [3.05, 3.63) is 84.7 Å². The third-order valence-electron chi connectivity index (χ3n) is 4.41. The minimum Gasteiger partial charge on any atom is -0.350 e. The summed E-state index contributed by atoms with van der Waals surface area (Å²) in [7, 11) is 0. The third-order valence-corrected chi connectivity index (χ3v) is 4.41. The molecule has 0 saturated heterocycles. The van der Waals surface area contributed by atoms with E-state index in [1.807, 2.05) is 54.6 Å². The predicted molar refractivity (Wildman–Crippen MR) is 105 cm³/mol. The van der Waals surface area contributed by atoms with Crippen molar-refractivity contribution in [3.8, 4) is 11.4 Å². The molecule has 0 amide bonds. The Labute approximate surface area is 155 Å². The third kappa shape index (κ3) is 2.87. The molecule has 1 N–H and O–H groups in total. The molecule has 0 atom stereocenters. The number of aromatic nitrogens is 5. The molecule has 0 bridgehead atoms. The Morgan fingerprint density at radius 3 is 2.44 bits per heavy atom. The molecule has 5 rings (SSSR count). The minimum absolute atomic E-state index is 0.651. The van der Waals surface area contributed by atoms with Crippen molar-refractivity contribution in [2.75, 3.05) is 5.32 Å². The van der Waals surface area contributed by atoms with Gasteiger partial charge in [-0.15, -0.1) is 5.10 Å². The van der Waals surface area contributed by atoms with Gasteiger partial charge in [0.2, 0.25) is 5.95 Å². The Hall–Kier alpha value is -3.80. The van der Waals surface area contributed by atoms with Crippen LogP contribution < -0.4 is 5.32 Å². The summed E-state index contributed by atoms with van der Waals surface area (Å²) in [4.78, 5) is 13.6. The zero-order valence-corrected chi connectivity index (χ0v) is 14.4. The Bertz CT molecular complexity index is 1220. The second-order valence-electron chi connectivity index (χ2n) is 6.20. The maximum absolute atomic E-state index is 4.77. The summed E-state index contributed by atoms with van der Waals surface area (Å²) in [5, 5.41) is 9.06. The van der Waals surface area contributed by atoms with E-state index < -0.39 is 0 Å². The summed E-state index contributed by atoms with van der Waals surface area (Å²) in [6.07, 6.45) is 3.48. The summed E-state index contributed by atoms with van der Waals surface area (Å²) in [5.41, 5.74) is 3.76. The van der Waals surface area contributed by atoms with Gasteiger partial charge in [-0.2, -0.15) is 4.52 Å². The fourth-order valence-electron chi connectivity index (χ4n) is 3.07. The first kappa shape index (κ1) is 15.5. The highest BCUT2D eigenvalue weighted by atomic mass is 15.4. The lowest BCUT2D eigenvalue weighted by Crippen LogP contribution is -2.08. The predicted octanol–water partition coefficient (Wildman–Crippen LogP) is 3.95. The molecule has 0 unspecified atom stereocenters. The second-order valence-corrected chi connectivity index (χ2v) is 6.20. The van der Waals surface area contributed by atoms with E-state index in [4.69, 9.17) is 15.1 Å². The molecular weight excluding hydrogens is 336 g/mol. The lowest BCUT2D eigenvalue weighted by Gasteiger charge is -2.09. The maximum atomic E-state index is 4.77. The van der Waals surface area contributed by atoms with Crippen LogP contribution in [0.4, 0.5) is 5.95 Å². The highest BCUT2D eigenvalue weighted by molar-refractivity contribution is 5.92. The Morgan fingerprint density at radius 1 is 0.815 bits per heavy atom. The van der Waals surface area contributed by atoms with Crippen LogP contribution in [0, 0.1) is 0 Å². The van der Waals surface area contributed by atoms with Crippen molar-refractivity contribution in [2.24, 2.45) is 0 Å². The van der Waals surface area contributed by atoms with E-state index in [1.165, 1.54) is 5.56 Å². The summed E-state index contributed by atoms with van der Waals surface area (Å²) in [6.45, 7) is 0.658. The van der Waals surface area contributed by atoms with E-state index in [2.05, 4.69) is 22.4 Å². The summed E-state index contributed by atoms with van der Waals surface area (Å²) in [5.74, 6) is 1.32. The van der Waals surface area contributed by atoms with Gasteiger partial charge in [0.05, 0.1) is 5.52 Å². The number of pyridine rings is 1. The molecule has 130 valence electrons. The van der Waals surface area contributed by atoms with Gasteiger partial charge in [-0.3, -0.25) is 4.98 Å². The number of anilines is 1. The van der Waals surface area contributed by atoms with Gasteiger partial charge in [0.25, 0.3) is 0 Å². The standard InChI is InChI=1S/C21H16N6/c1-2-6-15(7-3-1)14-23-21-24-18-9-5-4-8-17(18)20-25-19(26-27(20)21)16-10-12-22-13-11-16/h1-13H,14H2,(H,23,24). The second kappa shape index (κ2) is 6.49. The van der Waals surface area contributed by atoms with E-state index in [9.17, 15) is 0 Å². The molecule has 0 aliphatic heterocycles. The number of nitrogens with zero attached hydrogens (tertiary/aromatic N) is 5. The first-order valence-corrected chi connectivity index (χ1v) is 8.72. The SMILES string of the molecule is c1ccc(CNc2nc3ccccc3c3nc(-c4ccncc4)nn23)cc1. The van der Waals surface area contributed by atoms with Crippen LogP contribution in [0.25, 0.3) is 27.9 Å². The number of fused-ring (bicyclic) bond motifs is 3. The summed E-state index contributed by atoms with van der Waals surface area (Å²) < 4.78 is 1.78. The van der Waals surface area contributed by atoms with Gasteiger partial charge in [0, 0.05) is 29.9 Å². The molecule has 6 nitrogen and oxygen atoms in total. The zero-order valence-electron chi connectivity index (χ0n) is 14.4. The number of hydrogen-bond donors (Lipinski definition) is 1. The van der Waals surface area contributed by atoms with Gasteiger partial charge in [0.1, 0.15) is 0 Å². The van der Waals surface area contributed by atoms with Crippen LogP contribution in [0.5, 0.6) is 0 Å². The van der Waals surface area contributed by atoms with Crippen molar-refractivity contribution < 1.29 is 0 Å². The van der Waals surface area contributed by atoms with Gasteiger partial charge in [-0.1, -0.05) is 42.5 Å². The minimum atomic E-state index is 0.651. The van der Waals surface area contributed by atoms with Gasteiger partial charge >= 0.3 is 0 Å². The maximum Gasteiger partial charge on any atom is 0.226 e. The van der Waals surface area contributed by atoms with E-state index >= 15 is 0 Å². The molecule has 0 spiro atoms. The highest BCUT2D eigenvalue weighted by Crippen LogP contribution is 2.24. The lowest BCUT2D eigenvalue weighted by molar-refractivity contribution is 0.920. The normalized spacial score (nSPS) is 11.1. The van der Waals surface area contributed by atoms with Crippen LogP contribution in [0.15, 0.2) is 79.1 Å². The lowest BCUT2D eigenvalue weighted by atomic mass is 10.2. The van der Waals surface area contributed by atoms with Crippen LogP contribution in [-0.4, -0.2) is 24.6 Å². The highest BCUT2D eigenvalue weighted by Gasteiger charge is 2.14. The fourth-order valence-corrected chi connectivity index (χ4v) is 3.07. The fraction of sp³-hybridized carbons (Fsp3) is 0.0476. The molecule has 0 saturated carbocycles. The average Bonchev–Trinajstić information content (AvgIpc) is 3.19. The molecule has 27 heavy (non-hydrogen) atoms. The van der Waals surface area contributed by atoms with Crippen molar-refractivity contribution in [2.45, 2.75) is 6.54 Å². The molecular formula is C21H16N6. The van der Waals surface area contributed by atoms with Crippen molar-refractivity contribution >= 4 is 22.5 Å². The number of nitrogens with one attached hydrogen (secondary N) is 1. The van der Waals surface area contributed by atoms with E-state index in [0.717, 1.165) is 22.1 Å². The average molecular weight is 352 g/mol. The smallest absolute Gasteiger partial charge is 0.226 e. The molecule has 3 heterocycles. The number of rotatable bonds is 4. The van der Waals surface area contributed by atoms with Crippen LogP contribution in [0.2, 0.25) is 0 Å². The molecule has 5 aromatic rings. The molecule has 0 radical (unpaired) electrons. The molecule has 0 fully saturated rings. The van der Waals surface area contributed by atoms with Crippen molar-refractivity contribution in [3.63, 3.8) is 0 Å². The van der Waals surface area contributed by atoms with Crippen molar-refractivity contribution in [1.82, 2.24) is 24.6 Å². The largest absolute Gasteiger partial charge is 0.350 e. The first-order valence-electron chi connectivity index (χ1n) is 8.72. The van der Waals surface area contributed by atoms with E-state index in [-0.39, 0.29) is 0 Å². The summed E-state index contributed by atoms with van der Waals surface area (Å²) >= 11 is 0. The number of hydrogen-bond acceptors (Lipinski definition) is 5. The molecule has 0 aliphatic carbocycles. The monoisotopic (exact) mass is 352 g/mol. The molecule has 6 heteroatoms. The van der Waals surface area contributed by atoms with Gasteiger partial charge in [-0.05, 0) is 29.8 Å². The molecule has 3 aromatic heterocycles. The molecule has 2 aromatic carbocycles. The van der Waals surface area contributed by atoms with Crippen LogP contribution >= 0.6 is 0 Å². The van der Waals surface area contributed by atoms with Crippen molar-refractivity contribution in [1.29, 1.82) is 0 Å². The molecule has 0 aliphatic rings. The quantitative estimate of drug-likeness (QED) is 0.530. The Morgan fingerprint density at radius 2 is 1.59 bits per heavy atom. The van der Waals surface area contributed by atoms with Crippen LogP contribution in [-0.2, 0) is 6.54 Å². The number of para-hydroxylation sites is 1. The Balaban J connectivity index is 1.65. The summed E-state index contributed by atoms with van der Waals surface area (Å²) in [6, 6.07) is 22.0. The first-order chi connectivity index (χ1) is 13.4. The van der Waals surface area contributed by atoms with Gasteiger partial charge in [0.15, 0.2) is 11.5 Å². The van der Waals surface area contributed by atoms with E-state index in [1.54, 1.807) is 16.9 Å². The van der Waals surface area contributed by atoms with Crippen LogP contribution in [0.1, 0.15) is 5.56 Å².